The largest absolute Gasteiger partial charge is 0.383 e. The Morgan fingerprint density at radius 2 is 2.25 bits per heavy atom. The zero-order chi connectivity index (χ0) is 14.6. The molecule has 5 heteroatoms. The van der Waals surface area contributed by atoms with Gasteiger partial charge in [-0.25, -0.2) is 0 Å². The zero-order valence-electron chi connectivity index (χ0n) is 13.5. The molecule has 0 aromatic heterocycles. The molecule has 0 amide bonds. The quantitative estimate of drug-likeness (QED) is 0.401. The van der Waals surface area contributed by atoms with Crippen LogP contribution in [0, 0.1) is 5.92 Å². The van der Waals surface area contributed by atoms with Crippen LogP contribution in [0.25, 0.3) is 0 Å². The molecule has 0 spiro atoms. The average molecular weight is 284 g/mol. The minimum absolute atomic E-state index is 0.704. The maximum absolute atomic E-state index is 5.03. The van der Waals surface area contributed by atoms with Gasteiger partial charge in [0.15, 0.2) is 5.96 Å². The summed E-state index contributed by atoms with van der Waals surface area (Å²) in [5.74, 6) is 1.76. The van der Waals surface area contributed by atoms with Gasteiger partial charge in [-0.05, 0) is 45.2 Å². The Labute approximate surface area is 124 Å². The summed E-state index contributed by atoms with van der Waals surface area (Å²) < 4.78 is 5.03. The van der Waals surface area contributed by atoms with Crippen molar-refractivity contribution in [3.05, 3.63) is 0 Å². The van der Waals surface area contributed by atoms with Crippen LogP contribution in [0.3, 0.4) is 0 Å². The van der Waals surface area contributed by atoms with E-state index in [1.807, 2.05) is 0 Å². The molecule has 1 atom stereocenters. The number of likely N-dealkylation sites (tertiary alicyclic amines) is 1. The van der Waals surface area contributed by atoms with E-state index in [0.717, 1.165) is 37.9 Å². The fourth-order valence-electron chi connectivity index (χ4n) is 2.59. The van der Waals surface area contributed by atoms with Gasteiger partial charge in [0.25, 0.3) is 0 Å². The lowest BCUT2D eigenvalue weighted by atomic mass is 10.0. The lowest BCUT2D eigenvalue weighted by Crippen LogP contribution is -2.39. The van der Waals surface area contributed by atoms with Gasteiger partial charge >= 0.3 is 0 Å². The lowest BCUT2D eigenvalue weighted by molar-refractivity contribution is 0.183. The highest BCUT2D eigenvalue weighted by atomic mass is 16.5. The lowest BCUT2D eigenvalue weighted by Gasteiger charge is -2.30. The second-order valence-electron chi connectivity index (χ2n) is 5.58. The summed E-state index contributed by atoms with van der Waals surface area (Å²) in [4.78, 5) is 7.18. The van der Waals surface area contributed by atoms with E-state index >= 15 is 0 Å². The maximum Gasteiger partial charge on any atom is 0.191 e. The Morgan fingerprint density at radius 3 is 2.95 bits per heavy atom. The highest BCUT2D eigenvalue weighted by molar-refractivity contribution is 5.79. The number of hydrogen-bond acceptors (Lipinski definition) is 3. The molecule has 0 aromatic rings. The summed E-state index contributed by atoms with van der Waals surface area (Å²) >= 11 is 0. The van der Waals surface area contributed by atoms with Gasteiger partial charge in [0.2, 0.25) is 0 Å². The standard InChI is InChI=1S/C15H32N4O/c1-4-16-15(18-9-12-20-3)17-8-6-11-19-10-5-7-14(2)13-19/h14H,4-13H2,1-3H3,(H2,16,17,18). The predicted octanol–water partition coefficient (Wildman–Crippen LogP) is 1.31. The minimum atomic E-state index is 0.704. The van der Waals surface area contributed by atoms with E-state index in [0.29, 0.717) is 6.61 Å². The number of ether oxygens (including phenoxy) is 1. The van der Waals surface area contributed by atoms with Crippen LogP contribution in [0.15, 0.2) is 4.99 Å². The number of guanidine groups is 1. The highest BCUT2D eigenvalue weighted by Crippen LogP contribution is 2.15. The first-order chi connectivity index (χ1) is 9.76. The van der Waals surface area contributed by atoms with E-state index in [2.05, 4.69) is 34.4 Å². The Balaban J connectivity index is 2.18. The van der Waals surface area contributed by atoms with Crippen LogP contribution in [0.1, 0.15) is 33.1 Å². The molecule has 2 N–H and O–H groups in total. The van der Waals surface area contributed by atoms with Gasteiger partial charge in [-0.2, -0.15) is 0 Å². The molecular weight excluding hydrogens is 252 g/mol. The number of aliphatic imine (C=N–C) groups is 1. The number of piperidine rings is 1. The molecule has 0 bridgehead atoms. The van der Waals surface area contributed by atoms with Gasteiger partial charge in [0, 0.05) is 33.3 Å². The smallest absolute Gasteiger partial charge is 0.191 e. The molecule has 1 unspecified atom stereocenters. The van der Waals surface area contributed by atoms with Crippen molar-refractivity contribution >= 4 is 5.96 Å². The van der Waals surface area contributed by atoms with Gasteiger partial charge in [-0.3, -0.25) is 4.99 Å². The first-order valence-electron chi connectivity index (χ1n) is 7.99. The van der Waals surface area contributed by atoms with Gasteiger partial charge in [-0.1, -0.05) is 6.92 Å². The molecular formula is C15H32N4O. The molecule has 1 fully saturated rings. The minimum Gasteiger partial charge on any atom is -0.383 e. The summed E-state index contributed by atoms with van der Waals surface area (Å²) in [5.41, 5.74) is 0. The fraction of sp³-hybridized carbons (Fsp3) is 0.933. The van der Waals surface area contributed by atoms with Crippen LogP contribution < -0.4 is 10.6 Å². The monoisotopic (exact) mass is 284 g/mol. The molecule has 1 rings (SSSR count). The van der Waals surface area contributed by atoms with E-state index in [-0.39, 0.29) is 0 Å². The van der Waals surface area contributed by atoms with Crippen molar-refractivity contribution in [2.24, 2.45) is 10.9 Å². The van der Waals surface area contributed by atoms with Crippen molar-refractivity contribution in [3.8, 4) is 0 Å². The van der Waals surface area contributed by atoms with E-state index in [1.54, 1.807) is 7.11 Å². The molecule has 1 heterocycles. The summed E-state index contributed by atoms with van der Waals surface area (Å²) in [6.07, 6.45) is 3.88. The van der Waals surface area contributed by atoms with E-state index < -0.39 is 0 Å². The SMILES string of the molecule is CCNC(=NCCCN1CCCC(C)C1)NCCOC. The second-order valence-corrected chi connectivity index (χ2v) is 5.58. The third-order valence-electron chi connectivity index (χ3n) is 3.59. The van der Waals surface area contributed by atoms with Crippen molar-refractivity contribution < 1.29 is 4.74 Å². The topological polar surface area (TPSA) is 48.9 Å². The van der Waals surface area contributed by atoms with Crippen LogP contribution in [0.4, 0.5) is 0 Å². The number of hydrogen-bond donors (Lipinski definition) is 2. The molecule has 20 heavy (non-hydrogen) atoms. The molecule has 0 radical (unpaired) electrons. The van der Waals surface area contributed by atoms with E-state index in [9.17, 15) is 0 Å². The molecule has 0 aliphatic carbocycles. The fourth-order valence-corrected chi connectivity index (χ4v) is 2.59. The van der Waals surface area contributed by atoms with Crippen molar-refractivity contribution in [2.75, 3.05) is 53.0 Å². The third-order valence-corrected chi connectivity index (χ3v) is 3.59. The molecule has 0 saturated carbocycles. The van der Waals surface area contributed by atoms with Crippen molar-refractivity contribution in [3.63, 3.8) is 0 Å². The van der Waals surface area contributed by atoms with E-state index in [4.69, 9.17) is 4.74 Å². The number of nitrogens with zero attached hydrogens (tertiary/aromatic N) is 2. The van der Waals surface area contributed by atoms with Crippen molar-refractivity contribution in [2.45, 2.75) is 33.1 Å². The van der Waals surface area contributed by atoms with E-state index in [1.165, 1.54) is 32.5 Å². The summed E-state index contributed by atoms with van der Waals surface area (Å²) in [7, 11) is 1.71. The Hall–Kier alpha value is -0.810. The summed E-state index contributed by atoms with van der Waals surface area (Å²) in [6, 6.07) is 0. The molecule has 1 aliphatic rings. The Kier molecular flexibility index (Phi) is 9.41. The highest BCUT2D eigenvalue weighted by Gasteiger charge is 2.15. The van der Waals surface area contributed by atoms with Crippen molar-refractivity contribution in [1.29, 1.82) is 0 Å². The predicted molar refractivity (Wildman–Crippen MR) is 85.3 cm³/mol. The molecule has 0 aromatic carbocycles. The summed E-state index contributed by atoms with van der Waals surface area (Å²) in [6.45, 7) is 11.4. The number of rotatable bonds is 8. The average Bonchev–Trinajstić information content (AvgIpc) is 2.44. The zero-order valence-corrected chi connectivity index (χ0v) is 13.5. The van der Waals surface area contributed by atoms with Crippen LogP contribution >= 0.6 is 0 Å². The maximum atomic E-state index is 5.03. The third kappa shape index (κ3) is 7.70. The van der Waals surface area contributed by atoms with Crippen LogP contribution in [0.5, 0.6) is 0 Å². The number of nitrogens with one attached hydrogen (secondary N) is 2. The molecule has 1 aliphatic heterocycles. The van der Waals surface area contributed by atoms with Gasteiger partial charge in [0.1, 0.15) is 0 Å². The van der Waals surface area contributed by atoms with Gasteiger partial charge in [0.05, 0.1) is 6.61 Å². The normalized spacial score (nSPS) is 20.9. The summed E-state index contributed by atoms with van der Waals surface area (Å²) in [5, 5.41) is 6.52. The van der Waals surface area contributed by atoms with Gasteiger partial charge < -0.3 is 20.3 Å². The van der Waals surface area contributed by atoms with Crippen LogP contribution in [0.2, 0.25) is 0 Å². The number of methoxy groups -OCH3 is 1. The molecule has 5 nitrogen and oxygen atoms in total. The second kappa shape index (κ2) is 10.9. The van der Waals surface area contributed by atoms with Crippen LogP contribution in [-0.4, -0.2) is 63.8 Å². The Morgan fingerprint density at radius 1 is 1.40 bits per heavy atom. The van der Waals surface area contributed by atoms with Crippen LogP contribution in [-0.2, 0) is 4.74 Å². The molecule has 118 valence electrons. The Bertz CT molecular complexity index is 271. The first-order valence-corrected chi connectivity index (χ1v) is 7.99. The first kappa shape index (κ1) is 17.2. The van der Waals surface area contributed by atoms with Gasteiger partial charge in [-0.15, -0.1) is 0 Å². The van der Waals surface area contributed by atoms with Crippen molar-refractivity contribution in [1.82, 2.24) is 15.5 Å². The molecule has 1 saturated heterocycles.